The second kappa shape index (κ2) is 9.45. The SMILES string of the molecule is CC(CCCO)NC(=O)c1cccc(OCc2ccccc2C#N)c1. The van der Waals surface area contributed by atoms with Gasteiger partial charge in [0.15, 0.2) is 0 Å². The van der Waals surface area contributed by atoms with Gasteiger partial charge in [-0.1, -0.05) is 24.3 Å². The minimum Gasteiger partial charge on any atom is -0.489 e. The number of nitrogens with zero attached hydrogens (tertiary/aromatic N) is 1. The normalized spacial score (nSPS) is 11.4. The van der Waals surface area contributed by atoms with E-state index in [1.165, 1.54) is 0 Å². The van der Waals surface area contributed by atoms with E-state index in [1.54, 1.807) is 30.3 Å². The zero-order valence-corrected chi connectivity index (χ0v) is 14.2. The predicted molar refractivity (Wildman–Crippen MR) is 95.2 cm³/mol. The molecule has 0 bridgehead atoms. The van der Waals surface area contributed by atoms with Gasteiger partial charge in [-0.15, -0.1) is 0 Å². The van der Waals surface area contributed by atoms with Gasteiger partial charge >= 0.3 is 0 Å². The molecule has 2 aromatic carbocycles. The minimum atomic E-state index is -0.173. The van der Waals surface area contributed by atoms with E-state index in [9.17, 15) is 4.79 Å². The number of amides is 1. The fourth-order valence-corrected chi connectivity index (χ4v) is 2.42. The zero-order valence-electron chi connectivity index (χ0n) is 14.2. The van der Waals surface area contributed by atoms with E-state index in [-0.39, 0.29) is 25.2 Å². The molecule has 0 heterocycles. The highest BCUT2D eigenvalue weighted by molar-refractivity contribution is 5.94. The van der Waals surface area contributed by atoms with Gasteiger partial charge in [0.2, 0.25) is 0 Å². The second-order valence-corrected chi connectivity index (χ2v) is 5.83. The first kappa shape index (κ1) is 18.5. The van der Waals surface area contributed by atoms with Crippen molar-refractivity contribution in [2.24, 2.45) is 0 Å². The summed E-state index contributed by atoms with van der Waals surface area (Å²) in [6, 6.07) is 16.3. The molecule has 5 heteroatoms. The summed E-state index contributed by atoms with van der Waals surface area (Å²) in [6.45, 7) is 2.29. The number of ether oxygens (including phenoxy) is 1. The van der Waals surface area contributed by atoms with Crippen LogP contribution in [0.2, 0.25) is 0 Å². The third kappa shape index (κ3) is 5.63. The number of nitrogens with one attached hydrogen (secondary N) is 1. The molecule has 1 amide bonds. The fraction of sp³-hybridized carbons (Fsp3) is 0.300. The molecule has 1 unspecified atom stereocenters. The number of carbonyl (C=O) groups excluding carboxylic acids is 1. The third-order valence-corrected chi connectivity index (χ3v) is 3.80. The van der Waals surface area contributed by atoms with Gasteiger partial charge in [0.05, 0.1) is 11.6 Å². The first-order valence-corrected chi connectivity index (χ1v) is 8.26. The van der Waals surface area contributed by atoms with E-state index in [1.807, 2.05) is 25.1 Å². The van der Waals surface area contributed by atoms with Crippen LogP contribution in [0.1, 0.15) is 41.3 Å². The van der Waals surface area contributed by atoms with Gasteiger partial charge in [-0.3, -0.25) is 4.79 Å². The number of aliphatic hydroxyl groups is 1. The van der Waals surface area contributed by atoms with E-state index in [2.05, 4.69) is 11.4 Å². The number of hydrogen-bond acceptors (Lipinski definition) is 4. The molecule has 1 atom stereocenters. The average molecular weight is 338 g/mol. The molecule has 2 N–H and O–H groups in total. The van der Waals surface area contributed by atoms with E-state index in [0.717, 1.165) is 12.0 Å². The molecule has 25 heavy (non-hydrogen) atoms. The van der Waals surface area contributed by atoms with E-state index in [4.69, 9.17) is 15.1 Å². The number of hydrogen-bond donors (Lipinski definition) is 2. The Bertz CT molecular complexity index is 753. The molecule has 0 aromatic heterocycles. The van der Waals surface area contributed by atoms with Crippen molar-refractivity contribution < 1.29 is 14.6 Å². The lowest BCUT2D eigenvalue weighted by molar-refractivity contribution is 0.0936. The Morgan fingerprint density at radius 3 is 2.84 bits per heavy atom. The largest absolute Gasteiger partial charge is 0.489 e. The summed E-state index contributed by atoms with van der Waals surface area (Å²) < 4.78 is 5.73. The molecule has 2 aromatic rings. The monoisotopic (exact) mass is 338 g/mol. The van der Waals surface area contributed by atoms with Gasteiger partial charge in [0.1, 0.15) is 12.4 Å². The molecule has 0 saturated carbocycles. The number of aliphatic hydroxyl groups excluding tert-OH is 1. The summed E-state index contributed by atoms with van der Waals surface area (Å²) in [5, 5.41) is 20.8. The molecule has 0 aliphatic carbocycles. The van der Waals surface area contributed by atoms with Crippen LogP contribution in [-0.4, -0.2) is 23.7 Å². The van der Waals surface area contributed by atoms with Crippen molar-refractivity contribution in [1.29, 1.82) is 5.26 Å². The average Bonchev–Trinajstić information content (AvgIpc) is 2.65. The number of nitriles is 1. The Labute approximate surface area is 147 Å². The molecule has 0 saturated heterocycles. The molecule has 0 spiro atoms. The van der Waals surface area contributed by atoms with Crippen molar-refractivity contribution >= 4 is 5.91 Å². The molecule has 130 valence electrons. The lowest BCUT2D eigenvalue weighted by Gasteiger charge is -2.14. The highest BCUT2D eigenvalue weighted by Crippen LogP contribution is 2.17. The first-order valence-electron chi connectivity index (χ1n) is 8.26. The summed E-state index contributed by atoms with van der Waals surface area (Å²) in [6.07, 6.45) is 1.38. The van der Waals surface area contributed by atoms with Crippen molar-refractivity contribution in [2.45, 2.75) is 32.4 Å². The van der Waals surface area contributed by atoms with Crippen molar-refractivity contribution in [3.8, 4) is 11.8 Å². The maximum Gasteiger partial charge on any atom is 0.251 e. The van der Waals surface area contributed by atoms with Crippen molar-refractivity contribution in [3.05, 3.63) is 65.2 Å². The van der Waals surface area contributed by atoms with Gasteiger partial charge < -0.3 is 15.2 Å². The molecule has 5 nitrogen and oxygen atoms in total. The van der Waals surface area contributed by atoms with Crippen molar-refractivity contribution in [3.63, 3.8) is 0 Å². The number of carbonyl (C=O) groups is 1. The topological polar surface area (TPSA) is 82.3 Å². The summed E-state index contributed by atoms with van der Waals surface area (Å²) >= 11 is 0. The lowest BCUT2D eigenvalue weighted by Crippen LogP contribution is -2.32. The van der Waals surface area contributed by atoms with Crippen LogP contribution in [0, 0.1) is 11.3 Å². The predicted octanol–water partition coefficient (Wildman–Crippen LogP) is 3.03. The first-order chi connectivity index (χ1) is 12.1. The highest BCUT2D eigenvalue weighted by Gasteiger charge is 2.10. The van der Waals surface area contributed by atoms with Crippen LogP contribution in [0.3, 0.4) is 0 Å². The van der Waals surface area contributed by atoms with Gasteiger partial charge in [-0.05, 0) is 44.0 Å². The zero-order chi connectivity index (χ0) is 18.1. The lowest BCUT2D eigenvalue weighted by atomic mass is 10.1. The molecular weight excluding hydrogens is 316 g/mol. The number of benzene rings is 2. The van der Waals surface area contributed by atoms with Crippen LogP contribution in [-0.2, 0) is 6.61 Å². The highest BCUT2D eigenvalue weighted by atomic mass is 16.5. The van der Waals surface area contributed by atoms with Crippen LogP contribution in [0.15, 0.2) is 48.5 Å². The van der Waals surface area contributed by atoms with Gasteiger partial charge in [-0.25, -0.2) is 0 Å². The molecule has 0 radical (unpaired) electrons. The van der Waals surface area contributed by atoms with Crippen molar-refractivity contribution in [2.75, 3.05) is 6.61 Å². The van der Waals surface area contributed by atoms with E-state index in [0.29, 0.717) is 23.3 Å². The molecule has 0 fully saturated rings. The Balaban J connectivity index is 1.99. The summed E-state index contributed by atoms with van der Waals surface area (Å²) in [7, 11) is 0. The molecule has 2 rings (SSSR count). The minimum absolute atomic E-state index is 0.00766. The fourth-order valence-electron chi connectivity index (χ4n) is 2.42. The van der Waals surface area contributed by atoms with Crippen molar-refractivity contribution in [1.82, 2.24) is 5.32 Å². The maximum absolute atomic E-state index is 12.3. The Hall–Kier alpha value is -2.84. The maximum atomic E-state index is 12.3. The van der Waals surface area contributed by atoms with Crippen LogP contribution in [0.25, 0.3) is 0 Å². The number of rotatable bonds is 8. The second-order valence-electron chi connectivity index (χ2n) is 5.83. The van der Waals surface area contributed by atoms with Crippen LogP contribution in [0.5, 0.6) is 5.75 Å². The van der Waals surface area contributed by atoms with Gasteiger partial charge in [0, 0.05) is 23.8 Å². The van der Waals surface area contributed by atoms with Gasteiger partial charge in [-0.2, -0.15) is 5.26 Å². The molecule has 0 aliphatic rings. The Morgan fingerprint density at radius 2 is 2.08 bits per heavy atom. The van der Waals surface area contributed by atoms with Crippen LogP contribution >= 0.6 is 0 Å². The van der Waals surface area contributed by atoms with Gasteiger partial charge in [0.25, 0.3) is 5.91 Å². The van der Waals surface area contributed by atoms with E-state index >= 15 is 0 Å². The van der Waals surface area contributed by atoms with E-state index < -0.39 is 0 Å². The summed E-state index contributed by atoms with van der Waals surface area (Å²) in [5.74, 6) is 0.400. The standard InChI is InChI=1S/C20H22N2O3/c1-15(6-5-11-23)22-20(24)16-9-4-10-19(12-16)25-14-18-8-3-2-7-17(18)13-21/h2-4,7-10,12,15,23H,5-6,11,14H2,1H3,(H,22,24). The smallest absolute Gasteiger partial charge is 0.251 e. The van der Waals surface area contributed by atoms with Crippen LogP contribution in [0.4, 0.5) is 0 Å². The summed E-state index contributed by atoms with van der Waals surface area (Å²) in [5.41, 5.74) is 1.90. The van der Waals surface area contributed by atoms with Crippen LogP contribution < -0.4 is 10.1 Å². The summed E-state index contributed by atoms with van der Waals surface area (Å²) in [4.78, 5) is 12.3. The third-order valence-electron chi connectivity index (χ3n) is 3.80. The Kier molecular flexibility index (Phi) is 7.00. The molecular formula is C20H22N2O3. The quantitative estimate of drug-likeness (QED) is 0.775. The molecule has 0 aliphatic heterocycles. The Morgan fingerprint density at radius 1 is 1.28 bits per heavy atom.